The van der Waals surface area contributed by atoms with Gasteiger partial charge in [-0.05, 0) is 24.3 Å². The lowest BCUT2D eigenvalue weighted by Crippen LogP contribution is -2.39. The molecule has 4 heterocycles. The van der Waals surface area contributed by atoms with Crippen molar-refractivity contribution in [2.75, 3.05) is 24.6 Å². The van der Waals surface area contributed by atoms with Crippen molar-refractivity contribution < 1.29 is 9.13 Å². The van der Waals surface area contributed by atoms with E-state index in [1.54, 1.807) is 22.7 Å². The lowest BCUT2D eigenvalue weighted by atomic mass is 10.2. The summed E-state index contributed by atoms with van der Waals surface area (Å²) in [6.07, 6.45) is 0.540. The molecule has 0 aliphatic carbocycles. The predicted octanol–water partition coefficient (Wildman–Crippen LogP) is 2.19. The van der Waals surface area contributed by atoms with Crippen molar-refractivity contribution in [2.24, 2.45) is 0 Å². The largest absolute Gasteiger partial charge is 0.366 e. The highest BCUT2D eigenvalue weighted by Crippen LogP contribution is 2.25. The molecule has 0 radical (unpaired) electrons. The van der Waals surface area contributed by atoms with Crippen LogP contribution in [0.3, 0.4) is 0 Å². The maximum absolute atomic E-state index is 14.3. The predicted molar refractivity (Wildman–Crippen MR) is 103 cm³/mol. The van der Waals surface area contributed by atoms with Crippen LogP contribution in [0.2, 0.25) is 0 Å². The zero-order valence-corrected chi connectivity index (χ0v) is 15.8. The molecule has 3 aromatic heterocycles. The number of rotatable bonds is 4. The molecule has 10 heteroatoms. The molecule has 9 nitrogen and oxygen atoms in total. The molecule has 0 amide bonds. The number of benzene rings is 1. The standard InChI is InChI=1S/C19H19FN8O/c1-2-15-21-18(24-22-15)14-11-27(9-10-29-14)17-8-7-16-23-25-19(28(16)26-17)12-5-3-4-6-13(12)20/h3-8,14H,2,9-11H2,1H3,(H,21,22,24). The smallest absolute Gasteiger partial charge is 0.188 e. The molecular formula is C19H19FN8O. The summed E-state index contributed by atoms with van der Waals surface area (Å²) < 4.78 is 21.7. The van der Waals surface area contributed by atoms with E-state index in [9.17, 15) is 4.39 Å². The van der Waals surface area contributed by atoms with Gasteiger partial charge in [-0.1, -0.05) is 19.1 Å². The number of nitrogens with zero attached hydrogens (tertiary/aromatic N) is 7. The Bertz CT molecular complexity index is 1160. The SMILES string of the molecule is CCc1nc(C2CN(c3ccc4nnc(-c5ccccc5F)n4n3)CCO2)n[nH]1. The van der Waals surface area contributed by atoms with E-state index in [-0.39, 0.29) is 11.9 Å². The van der Waals surface area contributed by atoms with E-state index in [1.165, 1.54) is 6.07 Å². The average Bonchev–Trinajstić information content (AvgIpc) is 3.41. The molecule has 0 spiro atoms. The van der Waals surface area contributed by atoms with Crippen molar-refractivity contribution in [1.29, 1.82) is 0 Å². The van der Waals surface area contributed by atoms with Gasteiger partial charge in [-0.2, -0.15) is 9.61 Å². The molecule has 0 bridgehead atoms. The van der Waals surface area contributed by atoms with Gasteiger partial charge in [0, 0.05) is 13.0 Å². The van der Waals surface area contributed by atoms with Crippen LogP contribution in [0.4, 0.5) is 10.2 Å². The van der Waals surface area contributed by atoms with Crippen molar-refractivity contribution in [3.05, 3.63) is 53.9 Å². The van der Waals surface area contributed by atoms with Crippen LogP contribution in [0.5, 0.6) is 0 Å². The number of aryl methyl sites for hydroxylation is 1. The minimum Gasteiger partial charge on any atom is -0.366 e. The molecule has 4 aromatic rings. The number of H-pyrrole nitrogens is 1. The lowest BCUT2D eigenvalue weighted by Gasteiger charge is -2.32. The van der Waals surface area contributed by atoms with E-state index in [0.717, 1.165) is 18.1 Å². The Kier molecular flexibility index (Phi) is 4.39. The quantitative estimate of drug-likeness (QED) is 0.567. The Morgan fingerprint density at radius 2 is 2.10 bits per heavy atom. The molecule has 1 N–H and O–H groups in total. The molecule has 148 valence electrons. The Morgan fingerprint density at radius 1 is 1.21 bits per heavy atom. The first kappa shape index (κ1) is 17.7. The zero-order valence-electron chi connectivity index (χ0n) is 15.8. The maximum atomic E-state index is 14.3. The van der Waals surface area contributed by atoms with Crippen molar-refractivity contribution in [3.8, 4) is 11.4 Å². The summed E-state index contributed by atoms with van der Waals surface area (Å²) in [7, 11) is 0. The van der Waals surface area contributed by atoms with Gasteiger partial charge < -0.3 is 9.64 Å². The number of hydrogen-bond acceptors (Lipinski definition) is 7. The van der Waals surface area contributed by atoms with Crippen LogP contribution in [0, 0.1) is 5.82 Å². The number of halogens is 1. The molecule has 1 aromatic carbocycles. The summed E-state index contributed by atoms with van der Waals surface area (Å²) in [5, 5.41) is 20.1. The number of morpholine rings is 1. The normalized spacial score (nSPS) is 17.2. The van der Waals surface area contributed by atoms with E-state index < -0.39 is 0 Å². The number of anilines is 1. The molecule has 1 fully saturated rings. The first-order valence-corrected chi connectivity index (χ1v) is 9.48. The van der Waals surface area contributed by atoms with Gasteiger partial charge in [0.2, 0.25) is 0 Å². The molecule has 1 aliphatic rings. The minimum atomic E-state index is -0.364. The second-order valence-electron chi connectivity index (χ2n) is 6.76. The van der Waals surface area contributed by atoms with Gasteiger partial charge in [0.25, 0.3) is 0 Å². The summed E-state index contributed by atoms with van der Waals surface area (Å²) in [4.78, 5) is 6.58. The molecule has 29 heavy (non-hydrogen) atoms. The summed E-state index contributed by atoms with van der Waals surface area (Å²) in [5.41, 5.74) is 0.913. The Labute approximate surface area is 165 Å². The zero-order chi connectivity index (χ0) is 19.8. The lowest BCUT2D eigenvalue weighted by molar-refractivity contribution is 0.0339. The highest BCUT2D eigenvalue weighted by molar-refractivity contribution is 5.60. The van der Waals surface area contributed by atoms with Crippen LogP contribution < -0.4 is 4.90 Å². The molecule has 1 atom stereocenters. The third-order valence-electron chi connectivity index (χ3n) is 4.93. The van der Waals surface area contributed by atoms with Gasteiger partial charge in [-0.15, -0.1) is 15.3 Å². The fourth-order valence-corrected chi connectivity index (χ4v) is 3.38. The maximum Gasteiger partial charge on any atom is 0.188 e. The fraction of sp³-hybridized carbons (Fsp3) is 0.316. The first-order chi connectivity index (χ1) is 14.2. The Hall–Kier alpha value is -3.40. The fourth-order valence-electron chi connectivity index (χ4n) is 3.38. The molecule has 1 unspecified atom stereocenters. The average molecular weight is 394 g/mol. The van der Waals surface area contributed by atoms with E-state index in [4.69, 9.17) is 4.74 Å². The topological polar surface area (TPSA) is 97.1 Å². The monoisotopic (exact) mass is 394 g/mol. The highest BCUT2D eigenvalue weighted by atomic mass is 19.1. The molecular weight excluding hydrogens is 375 g/mol. The first-order valence-electron chi connectivity index (χ1n) is 9.48. The second kappa shape index (κ2) is 7.21. The van der Waals surface area contributed by atoms with E-state index >= 15 is 0 Å². The van der Waals surface area contributed by atoms with Gasteiger partial charge in [0.15, 0.2) is 17.3 Å². The number of aromatic nitrogens is 7. The highest BCUT2D eigenvalue weighted by Gasteiger charge is 2.26. The van der Waals surface area contributed by atoms with Crippen molar-refractivity contribution in [2.45, 2.75) is 19.4 Å². The van der Waals surface area contributed by atoms with E-state index in [0.29, 0.717) is 42.6 Å². The molecule has 0 saturated carbocycles. The van der Waals surface area contributed by atoms with Crippen molar-refractivity contribution in [1.82, 2.24) is 35.0 Å². The number of ether oxygens (including phenoxy) is 1. The third kappa shape index (κ3) is 3.21. The van der Waals surface area contributed by atoms with Crippen LogP contribution in [0.15, 0.2) is 36.4 Å². The second-order valence-corrected chi connectivity index (χ2v) is 6.76. The van der Waals surface area contributed by atoms with Gasteiger partial charge in [0.05, 0.1) is 18.7 Å². The number of fused-ring (bicyclic) bond motifs is 1. The molecule has 5 rings (SSSR count). The number of aromatic amines is 1. The number of hydrogen-bond donors (Lipinski definition) is 1. The summed E-state index contributed by atoms with van der Waals surface area (Å²) in [5.74, 6) is 2.21. The third-order valence-corrected chi connectivity index (χ3v) is 4.93. The van der Waals surface area contributed by atoms with Gasteiger partial charge in [0.1, 0.15) is 23.6 Å². The summed E-state index contributed by atoms with van der Waals surface area (Å²) >= 11 is 0. The number of nitrogens with one attached hydrogen (secondary N) is 1. The van der Waals surface area contributed by atoms with Crippen molar-refractivity contribution in [3.63, 3.8) is 0 Å². The van der Waals surface area contributed by atoms with E-state index in [2.05, 4.69) is 35.4 Å². The van der Waals surface area contributed by atoms with Gasteiger partial charge >= 0.3 is 0 Å². The van der Waals surface area contributed by atoms with Crippen LogP contribution in [0.25, 0.3) is 17.0 Å². The summed E-state index contributed by atoms with van der Waals surface area (Å²) in [6.45, 7) is 3.79. The Morgan fingerprint density at radius 3 is 2.93 bits per heavy atom. The van der Waals surface area contributed by atoms with Crippen molar-refractivity contribution >= 4 is 11.5 Å². The summed E-state index contributed by atoms with van der Waals surface area (Å²) in [6, 6.07) is 10.2. The minimum absolute atomic E-state index is 0.246. The van der Waals surface area contributed by atoms with Crippen LogP contribution in [-0.4, -0.2) is 54.7 Å². The van der Waals surface area contributed by atoms with E-state index in [1.807, 2.05) is 19.1 Å². The molecule has 1 saturated heterocycles. The van der Waals surface area contributed by atoms with Crippen LogP contribution in [-0.2, 0) is 11.2 Å². The van der Waals surface area contributed by atoms with Gasteiger partial charge in [-0.3, -0.25) is 5.10 Å². The van der Waals surface area contributed by atoms with Crippen LogP contribution in [0.1, 0.15) is 24.7 Å². The van der Waals surface area contributed by atoms with Crippen LogP contribution >= 0.6 is 0 Å². The molecule has 1 aliphatic heterocycles. The van der Waals surface area contributed by atoms with Gasteiger partial charge in [-0.25, -0.2) is 9.37 Å². The Balaban J connectivity index is 1.47.